The second-order valence-corrected chi connectivity index (χ2v) is 3.60. The van der Waals surface area contributed by atoms with Crippen LogP contribution < -0.4 is 0 Å². The number of nitrogens with zero attached hydrogens (tertiary/aromatic N) is 2. The Bertz CT molecular complexity index is 373. The fourth-order valence-electron chi connectivity index (χ4n) is 0.646. The van der Waals surface area contributed by atoms with Crippen molar-refractivity contribution >= 4 is 23.2 Å². The zero-order valence-electron chi connectivity index (χ0n) is 9.37. The molecule has 2 rings (SSSR count). The summed E-state index contributed by atoms with van der Waals surface area (Å²) in [6.45, 7) is 0. The van der Waals surface area contributed by atoms with Crippen molar-refractivity contribution in [3.8, 4) is 0 Å². The summed E-state index contributed by atoms with van der Waals surface area (Å²) < 4.78 is 40.1. The van der Waals surface area contributed by atoms with Crippen LogP contribution in [0.5, 0.6) is 0 Å². The average molecular weight is 519 g/mol. The zero-order valence-corrected chi connectivity index (χ0v) is 13.2. The first-order valence-corrected chi connectivity index (χ1v) is 5.46. The molecular formula is C10H9BBrF4N2Pt+. The van der Waals surface area contributed by atoms with E-state index in [0.29, 0.717) is 0 Å². The molecule has 0 fully saturated rings. The zero-order chi connectivity index (χ0) is 13.9. The summed E-state index contributed by atoms with van der Waals surface area (Å²) in [6, 6.07) is 9.49. The Morgan fingerprint density at radius 3 is 1.32 bits per heavy atom. The van der Waals surface area contributed by atoms with Crippen molar-refractivity contribution < 1.29 is 38.3 Å². The van der Waals surface area contributed by atoms with Gasteiger partial charge in [0.1, 0.15) is 0 Å². The van der Waals surface area contributed by atoms with Gasteiger partial charge in [-0.1, -0.05) is 22.0 Å². The van der Waals surface area contributed by atoms with E-state index in [1.807, 2.05) is 30.3 Å². The first kappa shape index (κ1) is 20.6. The molecule has 0 radical (unpaired) electrons. The molecule has 19 heavy (non-hydrogen) atoms. The van der Waals surface area contributed by atoms with Crippen LogP contribution in [0.15, 0.2) is 59.6 Å². The van der Waals surface area contributed by atoms with Crippen LogP contribution in [0.1, 0.15) is 0 Å². The minimum Gasteiger partial charge on any atom is -0.418 e. The van der Waals surface area contributed by atoms with Crippen LogP contribution in [0, 0.1) is 0 Å². The van der Waals surface area contributed by atoms with E-state index in [-0.39, 0.29) is 21.1 Å². The first-order valence-electron chi connectivity index (χ1n) is 4.67. The monoisotopic (exact) mass is 518 g/mol. The quantitative estimate of drug-likeness (QED) is 0.385. The molecule has 2 heterocycles. The van der Waals surface area contributed by atoms with Crippen molar-refractivity contribution in [2.45, 2.75) is 0 Å². The molecule has 0 aliphatic carbocycles. The van der Waals surface area contributed by atoms with Crippen molar-refractivity contribution in [2.24, 2.45) is 0 Å². The average Bonchev–Trinajstić information content (AvgIpc) is 2.31. The third kappa shape index (κ3) is 22.9. The Balaban J connectivity index is 0. The Morgan fingerprint density at radius 1 is 0.789 bits per heavy atom. The van der Waals surface area contributed by atoms with Crippen LogP contribution in [0.4, 0.5) is 17.3 Å². The Kier molecular flexibility index (Phi) is 13.3. The molecule has 0 N–H and O–H groups in total. The number of aromatic nitrogens is 2. The number of pyridine rings is 2. The molecular weight excluding hydrogens is 510 g/mol. The Hall–Kier alpha value is -0.747. The molecule has 0 saturated heterocycles. The van der Waals surface area contributed by atoms with Gasteiger partial charge in [0.25, 0.3) is 0 Å². The summed E-state index contributed by atoms with van der Waals surface area (Å²) in [7, 11) is -6.00. The van der Waals surface area contributed by atoms with Crippen LogP contribution in [0.3, 0.4) is 0 Å². The van der Waals surface area contributed by atoms with E-state index in [2.05, 4.69) is 25.9 Å². The molecule has 0 aliphatic heterocycles. The SMILES string of the molecule is Brc1ccncc1.F[B-](F)(F)F.[Pt+2].c1ccncc1. The van der Waals surface area contributed by atoms with Gasteiger partial charge in [-0.15, -0.1) is 0 Å². The summed E-state index contributed by atoms with van der Waals surface area (Å²) >= 11 is 3.27. The first-order chi connectivity index (χ1) is 8.39. The van der Waals surface area contributed by atoms with Crippen molar-refractivity contribution in [1.82, 2.24) is 9.97 Å². The third-order valence-corrected chi connectivity index (χ3v) is 1.73. The molecule has 106 valence electrons. The van der Waals surface area contributed by atoms with E-state index in [4.69, 9.17) is 0 Å². The second-order valence-electron chi connectivity index (χ2n) is 2.68. The Morgan fingerprint density at radius 2 is 1.16 bits per heavy atom. The third-order valence-electron chi connectivity index (χ3n) is 1.21. The molecule has 9 heteroatoms. The van der Waals surface area contributed by atoms with Gasteiger partial charge in [-0.25, -0.2) is 0 Å². The molecule has 0 aromatic carbocycles. The maximum Gasteiger partial charge on any atom is 2.00 e. The number of rotatable bonds is 0. The van der Waals surface area contributed by atoms with Crippen molar-refractivity contribution in [3.63, 3.8) is 0 Å². The molecule has 0 atom stereocenters. The number of hydrogen-bond donors (Lipinski definition) is 0. The maximum absolute atomic E-state index is 9.75. The second kappa shape index (κ2) is 12.3. The molecule has 2 aromatic rings. The molecule has 2 aromatic heterocycles. The minimum atomic E-state index is -6.00. The molecule has 0 saturated carbocycles. The van der Waals surface area contributed by atoms with Gasteiger partial charge in [0.2, 0.25) is 0 Å². The van der Waals surface area contributed by atoms with E-state index in [0.717, 1.165) is 4.47 Å². The molecule has 0 amide bonds. The normalized spacial score (nSPS) is 8.89. The van der Waals surface area contributed by atoms with Gasteiger partial charge in [-0.05, 0) is 24.3 Å². The molecule has 0 unspecified atom stereocenters. The molecule has 0 bridgehead atoms. The van der Waals surface area contributed by atoms with Crippen molar-refractivity contribution in [2.75, 3.05) is 0 Å². The fraction of sp³-hybridized carbons (Fsp3) is 0. The summed E-state index contributed by atoms with van der Waals surface area (Å²) in [6.07, 6.45) is 6.98. The van der Waals surface area contributed by atoms with Gasteiger partial charge >= 0.3 is 28.3 Å². The van der Waals surface area contributed by atoms with Gasteiger partial charge in [0.05, 0.1) is 0 Å². The minimum absolute atomic E-state index is 0. The summed E-state index contributed by atoms with van der Waals surface area (Å²) in [4.78, 5) is 7.60. The summed E-state index contributed by atoms with van der Waals surface area (Å²) in [5.74, 6) is 0. The molecule has 0 spiro atoms. The van der Waals surface area contributed by atoms with E-state index in [9.17, 15) is 17.3 Å². The van der Waals surface area contributed by atoms with E-state index < -0.39 is 7.25 Å². The van der Waals surface area contributed by atoms with E-state index in [1.165, 1.54) is 0 Å². The fourth-order valence-corrected chi connectivity index (χ4v) is 0.883. The maximum atomic E-state index is 9.75. The van der Waals surface area contributed by atoms with E-state index >= 15 is 0 Å². The van der Waals surface area contributed by atoms with Gasteiger partial charge in [-0.2, -0.15) is 0 Å². The topological polar surface area (TPSA) is 25.8 Å². The summed E-state index contributed by atoms with van der Waals surface area (Å²) in [5.41, 5.74) is 0. The van der Waals surface area contributed by atoms with Crippen LogP contribution in [0.25, 0.3) is 0 Å². The van der Waals surface area contributed by atoms with Crippen molar-refractivity contribution in [1.29, 1.82) is 0 Å². The van der Waals surface area contributed by atoms with Crippen LogP contribution in [0.2, 0.25) is 0 Å². The predicted octanol–water partition coefficient (Wildman–Crippen LogP) is 4.22. The number of hydrogen-bond acceptors (Lipinski definition) is 2. The Labute approximate surface area is 131 Å². The van der Waals surface area contributed by atoms with E-state index in [1.54, 1.807) is 24.8 Å². The van der Waals surface area contributed by atoms with Gasteiger partial charge < -0.3 is 17.3 Å². The predicted molar refractivity (Wildman–Crippen MR) is 66.4 cm³/mol. The van der Waals surface area contributed by atoms with Gasteiger partial charge in [-0.3, -0.25) is 9.97 Å². The van der Waals surface area contributed by atoms with Crippen LogP contribution in [-0.2, 0) is 21.1 Å². The molecule has 2 nitrogen and oxygen atoms in total. The van der Waals surface area contributed by atoms with Gasteiger partial charge in [0, 0.05) is 29.3 Å². The number of halogens is 5. The standard InChI is InChI=1S/C5H4BrN.C5H5N.BF4.Pt/c6-5-1-3-7-4-2-5;1-2-4-6-5-3-1;2-1(3,4)5;/h1-4H;1-5H;;/q;;-1;+2. The smallest absolute Gasteiger partial charge is 0.418 e. The van der Waals surface area contributed by atoms with Crippen molar-refractivity contribution in [3.05, 3.63) is 59.6 Å². The van der Waals surface area contributed by atoms with Crippen LogP contribution in [-0.4, -0.2) is 17.2 Å². The largest absolute Gasteiger partial charge is 2.00 e. The molecule has 0 aliphatic rings. The summed E-state index contributed by atoms with van der Waals surface area (Å²) in [5, 5.41) is 0. The van der Waals surface area contributed by atoms with Crippen LogP contribution >= 0.6 is 15.9 Å². The van der Waals surface area contributed by atoms with Gasteiger partial charge in [0.15, 0.2) is 0 Å².